The molecule has 0 bridgehead atoms. The Kier molecular flexibility index (Phi) is 7.53. The minimum atomic E-state index is -3.59. The number of hydrogen-bond acceptors (Lipinski definition) is 6. The molecule has 0 saturated carbocycles. The van der Waals surface area contributed by atoms with Crippen molar-refractivity contribution in [2.75, 3.05) is 33.3 Å². The molecular formula is C18H25N3O6S. The van der Waals surface area contributed by atoms with E-state index in [4.69, 9.17) is 4.74 Å². The second-order valence-electron chi connectivity index (χ2n) is 6.64. The lowest BCUT2D eigenvalue weighted by molar-refractivity contribution is -0.127. The first-order chi connectivity index (χ1) is 13.2. The van der Waals surface area contributed by atoms with Gasteiger partial charge in [0.2, 0.25) is 15.9 Å². The lowest BCUT2D eigenvalue weighted by atomic mass is 10.0. The zero-order valence-electron chi connectivity index (χ0n) is 15.9. The molecule has 0 aliphatic carbocycles. The van der Waals surface area contributed by atoms with Crippen LogP contribution in [-0.4, -0.2) is 63.8 Å². The van der Waals surface area contributed by atoms with Gasteiger partial charge in [-0.05, 0) is 43.0 Å². The number of amides is 2. The van der Waals surface area contributed by atoms with Crippen LogP contribution in [0.1, 0.15) is 30.1 Å². The van der Waals surface area contributed by atoms with Gasteiger partial charge < -0.3 is 15.4 Å². The van der Waals surface area contributed by atoms with Gasteiger partial charge >= 0.3 is 5.97 Å². The molecule has 1 aliphatic rings. The van der Waals surface area contributed by atoms with Crippen molar-refractivity contribution in [3.05, 3.63) is 29.8 Å². The largest absolute Gasteiger partial charge is 0.452 e. The molecule has 10 heteroatoms. The summed E-state index contributed by atoms with van der Waals surface area (Å²) < 4.78 is 31.7. The summed E-state index contributed by atoms with van der Waals surface area (Å²) in [7, 11) is -2.16. The summed E-state index contributed by atoms with van der Waals surface area (Å²) in [4.78, 5) is 34.7. The molecule has 0 radical (unpaired) electrons. The fourth-order valence-electron chi connectivity index (χ4n) is 2.67. The molecule has 1 aromatic carbocycles. The van der Waals surface area contributed by atoms with Crippen LogP contribution in [0.25, 0.3) is 0 Å². The first-order valence-electron chi connectivity index (χ1n) is 8.98. The molecule has 2 amide bonds. The zero-order chi connectivity index (χ0) is 20.7. The van der Waals surface area contributed by atoms with Crippen molar-refractivity contribution in [3.63, 3.8) is 0 Å². The molecule has 0 aromatic heterocycles. The minimum Gasteiger partial charge on any atom is -0.452 e. The third-order valence-electron chi connectivity index (χ3n) is 4.53. The van der Waals surface area contributed by atoms with E-state index < -0.39 is 28.5 Å². The topological polar surface area (TPSA) is 122 Å². The van der Waals surface area contributed by atoms with Gasteiger partial charge in [0.25, 0.3) is 5.91 Å². The number of sulfonamides is 1. The molecule has 1 heterocycles. The Balaban J connectivity index is 1.91. The molecule has 1 fully saturated rings. The van der Waals surface area contributed by atoms with E-state index in [1.807, 2.05) is 0 Å². The van der Waals surface area contributed by atoms with Crippen LogP contribution in [0.2, 0.25) is 0 Å². The number of carbonyl (C=O) groups is 3. The monoisotopic (exact) mass is 411 g/mol. The molecule has 1 saturated heterocycles. The predicted octanol–water partition coefficient (Wildman–Crippen LogP) is 0.126. The van der Waals surface area contributed by atoms with Crippen molar-refractivity contribution in [2.45, 2.75) is 24.7 Å². The minimum absolute atomic E-state index is 0.113. The standard InChI is InChI=1S/C18H25N3O6S/c1-13-7-9-21(10-8-13)28(25,26)15-5-3-14(4-6-15)18(24)27-12-17(23)20-11-16(22)19-2/h3-6,13H,7-12H2,1-2H3,(H,19,22)(H,20,23). The van der Waals surface area contributed by atoms with Crippen LogP contribution in [0, 0.1) is 5.92 Å². The van der Waals surface area contributed by atoms with Crippen LogP contribution in [0.3, 0.4) is 0 Å². The first-order valence-corrected chi connectivity index (χ1v) is 10.4. The normalized spacial score (nSPS) is 15.6. The smallest absolute Gasteiger partial charge is 0.338 e. The number of esters is 1. The van der Waals surface area contributed by atoms with E-state index in [-0.39, 0.29) is 22.9 Å². The van der Waals surface area contributed by atoms with E-state index in [1.54, 1.807) is 0 Å². The molecule has 28 heavy (non-hydrogen) atoms. The van der Waals surface area contributed by atoms with E-state index in [2.05, 4.69) is 17.6 Å². The number of ether oxygens (including phenoxy) is 1. The van der Waals surface area contributed by atoms with Crippen LogP contribution >= 0.6 is 0 Å². The molecule has 9 nitrogen and oxygen atoms in total. The summed E-state index contributed by atoms with van der Waals surface area (Å²) in [5.74, 6) is -1.24. The predicted molar refractivity (Wildman–Crippen MR) is 101 cm³/mol. The van der Waals surface area contributed by atoms with Gasteiger partial charge in [0.1, 0.15) is 0 Å². The molecule has 1 aliphatic heterocycles. The number of nitrogens with zero attached hydrogens (tertiary/aromatic N) is 1. The van der Waals surface area contributed by atoms with E-state index >= 15 is 0 Å². The summed E-state index contributed by atoms with van der Waals surface area (Å²) in [6, 6.07) is 5.42. The van der Waals surface area contributed by atoms with Crippen molar-refractivity contribution in [1.82, 2.24) is 14.9 Å². The fraction of sp³-hybridized carbons (Fsp3) is 0.500. The number of benzene rings is 1. The van der Waals surface area contributed by atoms with Gasteiger partial charge in [-0.25, -0.2) is 13.2 Å². The number of carbonyl (C=O) groups excluding carboxylic acids is 3. The lowest BCUT2D eigenvalue weighted by Crippen LogP contribution is -2.37. The number of hydrogen-bond donors (Lipinski definition) is 2. The summed E-state index contributed by atoms with van der Waals surface area (Å²) >= 11 is 0. The van der Waals surface area contributed by atoms with Gasteiger partial charge in [-0.15, -0.1) is 0 Å². The van der Waals surface area contributed by atoms with Crippen LogP contribution in [0.4, 0.5) is 0 Å². The van der Waals surface area contributed by atoms with E-state index in [0.29, 0.717) is 19.0 Å². The van der Waals surface area contributed by atoms with Crippen molar-refractivity contribution in [1.29, 1.82) is 0 Å². The van der Waals surface area contributed by atoms with Crippen molar-refractivity contribution in [2.24, 2.45) is 5.92 Å². The average Bonchev–Trinajstić information content (AvgIpc) is 2.70. The van der Waals surface area contributed by atoms with E-state index in [9.17, 15) is 22.8 Å². The Bertz CT molecular complexity index is 814. The van der Waals surface area contributed by atoms with Gasteiger partial charge in [-0.2, -0.15) is 4.31 Å². The second-order valence-corrected chi connectivity index (χ2v) is 8.57. The van der Waals surface area contributed by atoms with Crippen LogP contribution in [-0.2, 0) is 24.3 Å². The molecule has 0 spiro atoms. The average molecular weight is 411 g/mol. The van der Waals surface area contributed by atoms with Gasteiger partial charge in [0, 0.05) is 20.1 Å². The maximum atomic E-state index is 12.7. The van der Waals surface area contributed by atoms with Gasteiger partial charge in [-0.3, -0.25) is 9.59 Å². The Hall–Kier alpha value is -2.46. The van der Waals surface area contributed by atoms with Crippen molar-refractivity contribution < 1.29 is 27.5 Å². The van der Waals surface area contributed by atoms with Gasteiger partial charge in [0.05, 0.1) is 17.0 Å². The molecule has 154 valence electrons. The zero-order valence-corrected chi connectivity index (χ0v) is 16.8. The van der Waals surface area contributed by atoms with Crippen molar-refractivity contribution >= 4 is 27.8 Å². The summed E-state index contributed by atoms with van der Waals surface area (Å²) in [5.41, 5.74) is 0.130. The van der Waals surface area contributed by atoms with Crippen LogP contribution in [0.5, 0.6) is 0 Å². The van der Waals surface area contributed by atoms with Crippen molar-refractivity contribution in [3.8, 4) is 0 Å². The third kappa shape index (κ3) is 5.77. The molecule has 2 rings (SSSR count). The summed E-state index contributed by atoms with van der Waals surface area (Å²) in [6.07, 6.45) is 1.65. The molecular weight excluding hydrogens is 386 g/mol. The Morgan fingerprint density at radius 2 is 1.71 bits per heavy atom. The lowest BCUT2D eigenvalue weighted by Gasteiger charge is -2.29. The number of piperidine rings is 1. The number of likely N-dealkylation sites (N-methyl/N-ethyl adjacent to an activating group) is 1. The number of nitrogens with one attached hydrogen (secondary N) is 2. The van der Waals surface area contributed by atoms with Crippen LogP contribution in [0.15, 0.2) is 29.2 Å². The maximum Gasteiger partial charge on any atom is 0.338 e. The van der Waals surface area contributed by atoms with E-state index in [1.165, 1.54) is 35.6 Å². The highest BCUT2D eigenvalue weighted by Gasteiger charge is 2.28. The quantitative estimate of drug-likeness (QED) is 0.615. The highest BCUT2D eigenvalue weighted by Crippen LogP contribution is 2.23. The Morgan fingerprint density at radius 1 is 1.11 bits per heavy atom. The SMILES string of the molecule is CNC(=O)CNC(=O)COC(=O)c1ccc(S(=O)(=O)N2CCC(C)CC2)cc1. The number of rotatable bonds is 7. The third-order valence-corrected chi connectivity index (χ3v) is 6.44. The molecule has 0 atom stereocenters. The molecule has 2 N–H and O–H groups in total. The van der Waals surface area contributed by atoms with E-state index in [0.717, 1.165) is 12.8 Å². The van der Waals surface area contributed by atoms with Gasteiger partial charge in [-0.1, -0.05) is 6.92 Å². The summed E-state index contributed by atoms with van der Waals surface area (Å²) in [6.45, 7) is 2.32. The summed E-state index contributed by atoms with van der Waals surface area (Å²) in [5, 5.41) is 4.64. The van der Waals surface area contributed by atoms with Crippen LogP contribution < -0.4 is 10.6 Å². The second kappa shape index (κ2) is 9.65. The molecule has 1 aromatic rings. The first kappa shape index (κ1) is 21.8. The molecule has 0 unspecified atom stereocenters. The maximum absolute atomic E-state index is 12.7. The Labute approximate surface area is 164 Å². The fourth-order valence-corrected chi connectivity index (χ4v) is 4.14. The Morgan fingerprint density at radius 3 is 2.29 bits per heavy atom. The highest BCUT2D eigenvalue weighted by molar-refractivity contribution is 7.89. The van der Waals surface area contributed by atoms with Gasteiger partial charge in [0.15, 0.2) is 6.61 Å². The highest BCUT2D eigenvalue weighted by atomic mass is 32.2.